The van der Waals surface area contributed by atoms with Crippen molar-refractivity contribution < 1.29 is 14.1 Å². The summed E-state index contributed by atoms with van der Waals surface area (Å²) in [7, 11) is 0. The molecule has 1 N–H and O–H groups in total. The van der Waals surface area contributed by atoms with Gasteiger partial charge in [-0.3, -0.25) is 5.32 Å². The molecule has 0 aliphatic heterocycles. The summed E-state index contributed by atoms with van der Waals surface area (Å²) in [4.78, 5) is 12.3. The molecule has 5 heteroatoms. The molecule has 30 heavy (non-hydrogen) atoms. The number of aryl methyl sites for hydroxylation is 1. The monoisotopic (exact) mass is 400 g/mol. The molecule has 0 saturated carbocycles. The highest BCUT2D eigenvalue weighted by Crippen LogP contribution is 2.22. The van der Waals surface area contributed by atoms with E-state index in [1.807, 2.05) is 61.5 Å². The molecule has 0 unspecified atom stereocenters. The van der Waals surface area contributed by atoms with Gasteiger partial charge in [-0.15, -0.1) is 0 Å². The van der Waals surface area contributed by atoms with Gasteiger partial charge >= 0.3 is 6.09 Å². The van der Waals surface area contributed by atoms with Crippen molar-refractivity contribution in [3.05, 3.63) is 88.8 Å². The summed E-state index contributed by atoms with van der Waals surface area (Å²) < 4.78 is 10.7. The third kappa shape index (κ3) is 5.62. The summed E-state index contributed by atoms with van der Waals surface area (Å²) in [5.41, 5.74) is 3.81. The average Bonchev–Trinajstić information content (AvgIpc) is 3.11. The fraction of sp³-hybridized carbons (Fsp3) is 0.200. The molecule has 0 spiro atoms. The van der Waals surface area contributed by atoms with Gasteiger partial charge in [-0.2, -0.15) is 0 Å². The fourth-order valence-corrected chi connectivity index (χ4v) is 2.75. The molecular formula is C25H24N2O3. The second kappa shape index (κ2) is 10.1. The van der Waals surface area contributed by atoms with Gasteiger partial charge in [0.1, 0.15) is 17.5 Å². The minimum atomic E-state index is -0.590. The van der Waals surface area contributed by atoms with Gasteiger partial charge in [0, 0.05) is 5.56 Å². The van der Waals surface area contributed by atoms with Crippen LogP contribution >= 0.6 is 0 Å². The van der Waals surface area contributed by atoms with Crippen molar-refractivity contribution in [2.75, 3.05) is 5.32 Å². The number of rotatable bonds is 5. The quantitative estimate of drug-likeness (QED) is 0.524. The van der Waals surface area contributed by atoms with Crippen LogP contribution in [0.15, 0.2) is 65.2 Å². The van der Waals surface area contributed by atoms with E-state index in [9.17, 15) is 4.79 Å². The molecule has 3 aromatic rings. The number of carbonyl (C=O) groups excluding carboxylic acids is 1. The number of nitrogens with zero attached hydrogens (tertiary/aromatic N) is 1. The lowest BCUT2D eigenvalue weighted by Gasteiger charge is -2.13. The highest BCUT2D eigenvalue weighted by atomic mass is 16.6. The van der Waals surface area contributed by atoms with Crippen molar-refractivity contribution in [2.24, 2.45) is 0 Å². The summed E-state index contributed by atoms with van der Waals surface area (Å²) in [6.45, 7) is 5.65. The first-order valence-electron chi connectivity index (χ1n) is 9.84. The molecule has 152 valence electrons. The molecule has 0 bridgehead atoms. The average molecular weight is 400 g/mol. The van der Waals surface area contributed by atoms with Crippen LogP contribution in [0.5, 0.6) is 0 Å². The third-order valence-electron chi connectivity index (χ3n) is 4.42. The zero-order valence-corrected chi connectivity index (χ0v) is 17.3. The maximum absolute atomic E-state index is 12.3. The number of ether oxygens (including phenoxy) is 1. The molecule has 0 fully saturated rings. The predicted molar refractivity (Wildman–Crippen MR) is 118 cm³/mol. The zero-order chi connectivity index (χ0) is 21.3. The number of anilines is 1. The van der Waals surface area contributed by atoms with Gasteiger partial charge in [0.25, 0.3) is 0 Å². The van der Waals surface area contributed by atoms with Crippen molar-refractivity contribution in [3.63, 3.8) is 0 Å². The number of amides is 1. The fourth-order valence-electron chi connectivity index (χ4n) is 2.75. The zero-order valence-electron chi connectivity index (χ0n) is 17.3. The largest absolute Gasteiger partial charge is 0.441 e. The highest BCUT2D eigenvalue weighted by Gasteiger charge is 2.17. The Balaban J connectivity index is 1.69. The number of nitrogens with one attached hydrogen (secondary N) is 1. The molecule has 0 aliphatic carbocycles. The van der Waals surface area contributed by atoms with E-state index in [1.165, 1.54) is 0 Å². The molecule has 1 aromatic heterocycles. The second-order valence-corrected chi connectivity index (χ2v) is 6.74. The van der Waals surface area contributed by atoms with Crippen LogP contribution in [-0.4, -0.2) is 11.2 Å². The topological polar surface area (TPSA) is 64.4 Å². The molecule has 0 saturated heterocycles. The molecular weight excluding hydrogens is 376 g/mol. The van der Waals surface area contributed by atoms with Gasteiger partial charge in [-0.25, -0.2) is 4.79 Å². The van der Waals surface area contributed by atoms with Crippen LogP contribution in [0, 0.1) is 18.8 Å². The Labute approximate surface area is 176 Å². The molecule has 1 heterocycles. The minimum Gasteiger partial charge on any atom is -0.441 e. The van der Waals surface area contributed by atoms with Crippen LogP contribution in [0.25, 0.3) is 6.08 Å². The summed E-state index contributed by atoms with van der Waals surface area (Å²) >= 11 is 0. The lowest BCUT2D eigenvalue weighted by Crippen LogP contribution is -2.16. The SMILES string of the molecule is CCC=Cc1ccc(C#Cc2onc(C)c2NC(=O)O[C@H](C)c2ccccc2)cc1. The van der Waals surface area contributed by atoms with E-state index in [0.717, 1.165) is 23.1 Å². The molecule has 3 rings (SSSR count). The summed E-state index contributed by atoms with van der Waals surface area (Å²) in [5.74, 6) is 6.26. The van der Waals surface area contributed by atoms with E-state index in [1.54, 1.807) is 6.92 Å². The van der Waals surface area contributed by atoms with Gasteiger partial charge in [0.15, 0.2) is 0 Å². The van der Waals surface area contributed by atoms with Crippen molar-refractivity contribution in [1.29, 1.82) is 0 Å². The Kier molecular flexibility index (Phi) is 7.07. The Hall–Kier alpha value is -3.78. The Morgan fingerprint density at radius 3 is 2.60 bits per heavy atom. The van der Waals surface area contributed by atoms with Crippen molar-refractivity contribution in [2.45, 2.75) is 33.3 Å². The van der Waals surface area contributed by atoms with Gasteiger partial charge in [0.05, 0.1) is 0 Å². The van der Waals surface area contributed by atoms with E-state index in [4.69, 9.17) is 9.26 Å². The smallest absolute Gasteiger partial charge is 0.412 e. The minimum absolute atomic E-state index is 0.284. The number of hydrogen-bond acceptors (Lipinski definition) is 4. The van der Waals surface area contributed by atoms with Crippen molar-refractivity contribution in [1.82, 2.24) is 5.16 Å². The molecule has 2 aromatic carbocycles. The maximum atomic E-state index is 12.3. The predicted octanol–water partition coefficient (Wildman–Crippen LogP) is 6.12. The molecule has 0 radical (unpaired) electrons. The first kappa shape index (κ1) is 20.9. The van der Waals surface area contributed by atoms with E-state index in [2.05, 4.69) is 41.4 Å². The number of allylic oxidation sites excluding steroid dienone is 1. The lowest BCUT2D eigenvalue weighted by atomic mass is 10.1. The first-order chi connectivity index (χ1) is 14.6. The first-order valence-corrected chi connectivity index (χ1v) is 9.84. The van der Waals surface area contributed by atoms with Gasteiger partial charge in [0.2, 0.25) is 5.76 Å². The number of benzene rings is 2. The van der Waals surface area contributed by atoms with E-state index < -0.39 is 6.09 Å². The second-order valence-electron chi connectivity index (χ2n) is 6.74. The van der Waals surface area contributed by atoms with Crippen LogP contribution < -0.4 is 5.32 Å². The Morgan fingerprint density at radius 2 is 1.90 bits per heavy atom. The summed E-state index contributed by atoms with van der Waals surface area (Å²) in [6.07, 6.45) is 4.19. The molecule has 1 amide bonds. The van der Waals surface area contributed by atoms with Crippen LogP contribution in [0.1, 0.15) is 54.5 Å². The van der Waals surface area contributed by atoms with E-state index in [-0.39, 0.29) is 11.9 Å². The van der Waals surface area contributed by atoms with Crippen molar-refractivity contribution >= 4 is 17.9 Å². The molecule has 5 nitrogen and oxygen atoms in total. The van der Waals surface area contributed by atoms with Crippen LogP contribution in [0.3, 0.4) is 0 Å². The van der Waals surface area contributed by atoms with Gasteiger partial charge < -0.3 is 9.26 Å². The molecule has 1 atom stereocenters. The van der Waals surface area contributed by atoms with Gasteiger partial charge in [-0.05, 0) is 49.4 Å². The van der Waals surface area contributed by atoms with Crippen LogP contribution in [0.2, 0.25) is 0 Å². The Morgan fingerprint density at radius 1 is 1.17 bits per heavy atom. The van der Waals surface area contributed by atoms with Crippen LogP contribution in [-0.2, 0) is 4.74 Å². The van der Waals surface area contributed by atoms with Crippen LogP contribution in [0.4, 0.5) is 10.5 Å². The summed E-state index contributed by atoms with van der Waals surface area (Å²) in [5, 5.41) is 6.61. The van der Waals surface area contributed by atoms with Crippen molar-refractivity contribution in [3.8, 4) is 11.8 Å². The van der Waals surface area contributed by atoms with Gasteiger partial charge in [-0.1, -0.05) is 72.6 Å². The normalized spacial score (nSPS) is 11.6. The third-order valence-corrected chi connectivity index (χ3v) is 4.42. The lowest BCUT2D eigenvalue weighted by molar-refractivity contribution is 0.121. The maximum Gasteiger partial charge on any atom is 0.412 e. The highest BCUT2D eigenvalue weighted by molar-refractivity contribution is 5.87. The number of hydrogen-bond donors (Lipinski definition) is 1. The summed E-state index contributed by atoms with van der Waals surface area (Å²) in [6, 6.07) is 17.4. The number of aromatic nitrogens is 1. The Bertz CT molecular complexity index is 1070. The standard InChI is InChI=1S/C25H24N2O3/c1-4-5-9-20-12-14-21(15-13-20)16-17-23-24(18(2)27-30-23)26-25(28)29-19(3)22-10-7-6-8-11-22/h5-15,19H,4H2,1-3H3,(H,26,28)/t19-/m1/s1. The van der Waals surface area contributed by atoms with E-state index in [0.29, 0.717) is 11.4 Å². The van der Waals surface area contributed by atoms with E-state index >= 15 is 0 Å². The number of carbonyl (C=O) groups is 1. The molecule has 0 aliphatic rings.